The number of benzene rings is 2. The van der Waals surface area contributed by atoms with Crippen molar-refractivity contribution in [3.63, 3.8) is 0 Å². The Labute approximate surface area is 276 Å². The van der Waals surface area contributed by atoms with Crippen LogP contribution in [-0.4, -0.2) is 88.1 Å². The van der Waals surface area contributed by atoms with Gasteiger partial charge in [0, 0.05) is 48.6 Å². The highest BCUT2D eigenvalue weighted by atomic mass is 19.1. The second-order valence-electron chi connectivity index (χ2n) is 13.8. The number of anilines is 1. The van der Waals surface area contributed by atoms with Crippen molar-refractivity contribution in [3.8, 4) is 41.2 Å². The summed E-state index contributed by atoms with van der Waals surface area (Å²) in [5.74, 6) is 1.20. The van der Waals surface area contributed by atoms with E-state index < -0.39 is 23.3 Å². The van der Waals surface area contributed by atoms with Crippen molar-refractivity contribution in [3.05, 3.63) is 41.5 Å². The molecule has 6 heterocycles. The van der Waals surface area contributed by atoms with E-state index in [-0.39, 0.29) is 68.9 Å². The normalized spacial score (nSPS) is 26.7. The number of phenols is 1. The van der Waals surface area contributed by atoms with E-state index in [4.69, 9.17) is 20.9 Å². The van der Waals surface area contributed by atoms with Crippen LogP contribution in [0.25, 0.3) is 32.9 Å². The standard InChI is InChI=1S/C36H37F3N6O3/c1-4-24-26(38)8-7-20-13-23(46)14-25(27(20)24)30-29(39)31-28(33(40-30)47-3)32(44-17-22-9-11-35(5-2,18-44)43-22)42-34(41-31)48-19-36-10-6-12-45(36)16-21(37)15-36/h1,7-8,13-14,21-22,43,46H,5-6,9-12,15-19H2,2-3H3/t21-,22?,35?,36+/m1/s1. The molecule has 4 saturated heterocycles. The summed E-state index contributed by atoms with van der Waals surface area (Å²) in [4.78, 5) is 18.4. The van der Waals surface area contributed by atoms with Crippen LogP contribution in [0.15, 0.2) is 24.3 Å². The predicted molar refractivity (Wildman–Crippen MR) is 176 cm³/mol. The van der Waals surface area contributed by atoms with Gasteiger partial charge in [0.15, 0.2) is 5.82 Å². The van der Waals surface area contributed by atoms with Crippen LogP contribution < -0.4 is 19.7 Å². The number of alkyl halides is 1. The first-order chi connectivity index (χ1) is 23.2. The Bertz CT molecular complexity index is 2000. The lowest BCUT2D eigenvalue weighted by Gasteiger charge is -2.42. The summed E-state index contributed by atoms with van der Waals surface area (Å²) in [7, 11) is 1.43. The van der Waals surface area contributed by atoms with Gasteiger partial charge in [-0.1, -0.05) is 18.9 Å². The molecule has 4 fully saturated rings. The first-order valence-corrected chi connectivity index (χ1v) is 16.6. The van der Waals surface area contributed by atoms with Crippen LogP contribution in [-0.2, 0) is 0 Å². The van der Waals surface area contributed by atoms with Gasteiger partial charge in [-0.25, -0.2) is 18.2 Å². The van der Waals surface area contributed by atoms with Gasteiger partial charge in [-0.2, -0.15) is 9.97 Å². The average molecular weight is 659 g/mol. The number of hydrogen-bond donors (Lipinski definition) is 2. The fraction of sp³-hybridized carbons (Fsp3) is 0.472. The smallest absolute Gasteiger partial charge is 0.319 e. The molecule has 12 heteroatoms. The maximum atomic E-state index is 17.1. The maximum absolute atomic E-state index is 17.1. The number of fused-ring (bicyclic) bond motifs is 5. The molecule has 2 bridgehead atoms. The Morgan fingerprint density at radius 3 is 2.79 bits per heavy atom. The molecule has 4 atom stereocenters. The molecule has 9 nitrogen and oxygen atoms in total. The summed E-state index contributed by atoms with van der Waals surface area (Å²) in [5, 5.41) is 15.3. The molecule has 2 aromatic carbocycles. The molecule has 4 aliphatic heterocycles. The van der Waals surface area contributed by atoms with E-state index in [1.54, 1.807) is 0 Å². The van der Waals surface area contributed by atoms with E-state index in [2.05, 4.69) is 37.9 Å². The number of terminal acetylenes is 1. The third kappa shape index (κ3) is 4.81. The number of ether oxygens (including phenoxy) is 2. The molecule has 0 radical (unpaired) electrons. The SMILES string of the molecule is C#Cc1c(F)ccc2cc(O)cc(-c3nc(OC)c4c(N5CC6CCC(CC)(C5)N6)nc(OC[C@@]56CCCN5C[C@H](F)C6)nc4c3F)c12. The third-order valence-corrected chi connectivity index (χ3v) is 11.0. The van der Waals surface area contributed by atoms with Crippen molar-refractivity contribution in [1.82, 2.24) is 25.2 Å². The minimum Gasteiger partial charge on any atom is -0.508 e. The van der Waals surface area contributed by atoms with E-state index in [1.807, 2.05) is 0 Å². The van der Waals surface area contributed by atoms with Gasteiger partial charge in [0.2, 0.25) is 5.88 Å². The number of hydrogen-bond acceptors (Lipinski definition) is 9. The second-order valence-corrected chi connectivity index (χ2v) is 13.8. The van der Waals surface area contributed by atoms with E-state index in [0.717, 1.165) is 38.6 Å². The van der Waals surface area contributed by atoms with Gasteiger partial charge in [-0.05, 0) is 62.2 Å². The Morgan fingerprint density at radius 2 is 2.00 bits per heavy atom. The highest BCUT2D eigenvalue weighted by molar-refractivity contribution is 6.04. The van der Waals surface area contributed by atoms with Crippen molar-refractivity contribution >= 4 is 27.5 Å². The van der Waals surface area contributed by atoms with Gasteiger partial charge in [-0.15, -0.1) is 6.42 Å². The first kappa shape index (κ1) is 31.0. The number of aromatic nitrogens is 3. The number of halogens is 3. The fourth-order valence-electron chi connectivity index (χ4n) is 8.66. The Morgan fingerprint density at radius 1 is 1.15 bits per heavy atom. The first-order valence-electron chi connectivity index (χ1n) is 16.6. The summed E-state index contributed by atoms with van der Waals surface area (Å²) in [6.07, 6.45) is 9.80. The van der Waals surface area contributed by atoms with Gasteiger partial charge >= 0.3 is 6.01 Å². The number of piperazine rings is 1. The average Bonchev–Trinajstić information content (AvgIpc) is 3.72. The van der Waals surface area contributed by atoms with E-state index in [9.17, 15) is 13.9 Å². The minimum absolute atomic E-state index is 0.0355. The number of aromatic hydroxyl groups is 1. The monoisotopic (exact) mass is 658 g/mol. The molecular formula is C36H37F3N6O3. The van der Waals surface area contributed by atoms with Gasteiger partial charge in [0.05, 0.1) is 18.2 Å². The molecule has 8 rings (SSSR count). The molecule has 250 valence electrons. The summed E-state index contributed by atoms with van der Waals surface area (Å²) in [6.45, 7) is 4.74. The number of nitrogens with one attached hydrogen (secondary N) is 1. The molecule has 4 aromatic rings. The second kappa shape index (κ2) is 11.4. The molecule has 0 aliphatic carbocycles. The number of methoxy groups -OCH3 is 1. The van der Waals surface area contributed by atoms with E-state index >= 15 is 4.39 Å². The van der Waals surface area contributed by atoms with Crippen LogP contribution in [0.5, 0.6) is 17.6 Å². The molecule has 48 heavy (non-hydrogen) atoms. The molecule has 2 N–H and O–H groups in total. The van der Waals surface area contributed by atoms with E-state index in [0.29, 0.717) is 37.3 Å². The number of pyridine rings is 1. The molecule has 0 amide bonds. The van der Waals surface area contributed by atoms with Crippen LogP contribution in [0, 0.1) is 24.0 Å². The zero-order chi connectivity index (χ0) is 33.4. The van der Waals surface area contributed by atoms with Crippen molar-refractivity contribution < 1.29 is 27.8 Å². The Hall–Kier alpha value is -4.34. The van der Waals surface area contributed by atoms with Crippen molar-refractivity contribution in [2.24, 2.45) is 0 Å². The van der Waals surface area contributed by atoms with E-state index in [1.165, 1.54) is 31.4 Å². The van der Waals surface area contributed by atoms with Gasteiger partial charge in [0.1, 0.15) is 46.8 Å². The third-order valence-electron chi connectivity index (χ3n) is 11.0. The maximum Gasteiger partial charge on any atom is 0.319 e. The molecular weight excluding hydrogens is 621 g/mol. The molecule has 0 spiro atoms. The van der Waals surface area contributed by atoms with Crippen molar-refractivity contribution in [1.29, 1.82) is 0 Å². The molecule has 2 aromatic heterocycles. The van der Waals surface area contributed by atoms with Crippen LogP contribution in [0.3, 0.4) is 0 Å². The van der Waals surface area contributed by atoms with Gasteiger partial charge < -0.3 is 24.8 Å². The summed E-state index contributed by atoms with van der Waals surface area (Å²) in [6, 6.07) is 5.60. The lowest BCUT2D eigenvalue weighted by atomic mass is 9.93. The topological polar surface area (TPSA) is 95.9 Å². The largest absolute Gasteiger partial charge is 0.508 e. The highest BCUT2D eigenvalue weighted by Crippen LogP contribution is 2.45. The van der Waals surface area contributed by atoms with Crippen molar-refractivity contribution in [2.45, 2.75) is 68.7 Å². The minimum atomic E-state index is -0.936. The van der Waals surface area contributed by atoms with Gasteiger partial charge in [0.25, 0.3) is 0 Å². The quantitative estimate of drug-likeness (QED) is 0.250. The van der Waals surface area contributed by atoms with Gasteiger partial charge in [-0.3, -0.25) is 4.90 Å². The Balaban J connectivity index is 1.33. The predicted octanol–water partition coefficient (Wildman–Crippen LogP) is 5.49. The molecule has 2 unspecified atom stereocenters. The van der Waals surface area contributed by atoms with Crippen molar-refractivity contribution in [2.75, 3.05) is 44.8 Å². The van der Waals surface area contributed by atoms with Crippen LogP contribution >= 0.6 is 0 Å². The Kier molecular flexibility index (Phi) is 7.34. The fourth-order valence-corrected chi connectivity index (χ4v) is 8.66. The number of phenolic OH excluding ortho intramolecular Hbond substituents is 1. The molecule has 4 aliphatic rings. The number of rotatable bonds is 7. The highest BCUT2D eigenvalue weighted by Gasteiger charge is 2.50. The van der Waals surface area contributed by atoms with Crippen LogP contribution in [0.2, 0.25) is 0 Å². The molecule has 0 saturated carbocycles. The zero-order valence-corrected chi connectivity index (χ0v) is 27.0. The lowest BCUT2D eigenvalue weighted by molar-refractivity contribution is 0.107. The number of nitrogens with zero attached hydrogens (tertiary/aromatic N) is 5. The summed E-state index contributed by atoms with van der Waals surface area (Å²) < 4.78 is 58.8. The summed E-state index contributed by atoms with van der Waals surface area (Å²) >= 11 is 0. The lowest BCUT2D eigenvalue weighted by Crippen LogP contribution is -2.59. The van der Waals surface area contributed by atoms with Crippen LogP contribution in [0.4, 0.5) is 19.0 Å². The zero-order valence-electron chi connectivity index (χ0n) is 27.0. The summed E-state index contributed by atoms with van der Waals surface area (Å²) in [5.41, 5.74) is -0.907. The van der Waals surface area contributed by atoms with Crippen LogP contribution in [0.1, 0.15) is 51.0 Å².